The van der Waals surface area contributed by atoms with Gasteiger partial charge in [0.2, 0.25) is 0 Å². The number of rotatable bonds is 8. The van der Waals surface area contributed by atoms with Crippen molar-refractivity contribution in [2.45, 2.75) is 45.6 Å². The van der Waals surface area contributed by atoms with E-state index in [0.29, 0.717) is 25.0 Å². The zero-order chi connectivity index (χ0) is 18.1. The predicted octanol–water partition coefficient (Wildman–Crippen LogP) is 4.24. The summed E-state index contributed by atoms with van der Waals surface area (Å²) in [5, 5.41) is 10.6. The molecular weight excluding hydrogens is 446 g/mol. The molecule has 0 radical (unpaired) electrons. The van der Waals surface area contributed by atoms with Crippen LogP contribution in [-0.2, 0) is 13.0 Å². The van der Waals surface area contributed by atoms with E-state index < -0.39 is 0 Å². The zero-order valence-corrected chi connectivity index (χ0v) is 17.9. The van der Waals surface area contributed by atoms with Crippen molar-refractivity contribution in [2.75, 3.05) is 13.6 Å². The number of hydrogen-bond acceptors (Lipinski definition) is 3. The normalized spacial score (nSPS) is 11.3. The van der Waals surface area contributed by atoms with E-state index in [-0.39, 0.29) is 29.8 Å². The van der Waals surface area contributed by atoms with Gasteiger partial charge in [0.1, 0.15) is 5.82 Å². The highest BCUT2D eigenvalue weighted by atomic mass is 127. The van der Waals surface area contributed by atoms with Gasteiger partial charge in [-0.05, 0) is 37.0 Å². The fraction of sp³-hybridized carbons (Fsp3) is 0.474. The third kappa shape index (κ3) is 6.93. The number of hydrogen-bond donors (Lipinski definition) is 2. The maximum Gasteiger partial charge on any atom is 0.191 e. The summed E-state index contributed by atoms with van der Waals surface area (Å²) in [5.41, 5.74) is 2.09. The first-order valence-electron chi connectivity index (χ1n) is 8.80. The van der Waals surface area contributed by atoms with Gasteiger partial charge in [-0.3, -0.25) is 4.99 Å². The average Bonchev–Trinajstić information content (AvgIpc) is 3.09. The Labute approximate surface area is 171 Å². The van der Waals surface area contributed by atoms with Crippen LogP contribution in [0.5, 0.6) is 0 Å². The zero-order valence-electron chi connectivity index (χ0n) is 15.6. The molecule has 0 aliphatic carbocycles. The van der Waals surface area contributed by atoms with Crippen LogP contribution >= 0.6 is 24.0 Å². The molecule has 0 saturated heterocycles. The summed E-state index contributed by atoms with van der Waals surface area (Å²) in [6, 6.07) is 8.55. The largest absolute Gasteiger partial charge is 0.359 e. The molecule has 0 fully saturated rings. The lowest BCUT2D eigenvalue weighted by molar-refractivity contribution is 0.368. The lowest BCUT2D eigenvalue weighted by atomic mass is 9.99. The van der Waals surface area contributed by atoms with Crippen molar-refractivity contribution in [1.82, 2.24) is 15.8 Å². The molecule has 7 heteroatoms. The Bertz CT molecular complexity index is 668. The highest BCUT2D eigenvalue weighted by Crippen LogP contribution is 2.22. The Kier molecular flexibility index (Phi) is 10.2. The molecule has 1 aromatic carbocycles. The number of guanidine groups is 1. The number of aliphatic imine (C=N–C) groups is 1. The van der Waals surface area contributed by atoms with Gasteiger partial charge >= 0.3 is 0 Å². The summed E-state index contributed by atoms with van der Waals surface area (Å²) < 4.78 is 18.3. The molecule has 144 valence electrons. The quantitative estimate of drug-likeness (QED) is 0.341. The Morgan fingerprint density at radius 1 is 1.19 bits per heavy atom. The first-order chi connectivity index (χ1) is 12.2. The second kappa shape index (κ2) is 11.9. The fourth-order valence-corrected chi connectivity index (χ4v) is 2.68. The van der Waals surface area contributed by atoms with Crippen LogP contribution < -0.4 is 10.6 Å². The van der Waals surface area contributed by atoms with Crippen LogP contribution in [0.25, 0.3) is 0 Å². The van der Waals surface area contributed by atoms with E-state index in [1.807, 2.05) is 6.07 Å². The molecule has 0 aliphatic rings. The van der Waals surface area contributed by atoms with E-state index in [0.717, 1.165) is 36.3 Å². The average molecular weight is 474 g/mol. The van der Waals surface area contributed by atoms with Crippen LogP contribution in [0.1, 0.15) is 49.6 Å². The van der Waals surface area contributed by atoms with Crippen molar-refractivity contribution < 1.29 is 8.91 Å². The smallest absolute Gasteiger partial charge is 0.191 e. The first kappa shape index (κ1) is 22.4. The summed E-state index contributed by atoms with van der Waals surface area (Å²) in [7, 11) is 1.73. The number of nitrogens with zero attached hydrogens (tertiary/aromatic N) is 2. The van der Waals surface area contributed by atoms with Crippen molar-refractivity contribution in [3.63, 3.8) is 0 Å². The molecule has 1 heterocycles. The van der Waals surface area contributed by atoms with E-state index in [1.165, 1.54) is 12.1 Å². The van der Waals surface area contributed by atoms with Crippen molar-refractivity contribution in [1.29, 1.82) is 0 Å². The second-order valence-corrected chi connectivity index (χ2v) is 5.96. The molecule has 0 saturated carbocycles. The third-order valence-corrected chi connectivity index (χ3v) is 4.25. The summed E-state index contributed by atoms with van der Waals surface area (Å²) in [5.74, 6) is 1.73. The summed E-state index contributed by atoms with van der Waals surface area (Å²) in [6.07, 6.45) is 2.91. The molecule has 0 aliphatic heterocycles. The Hall–Kier alpha value is -1.64. The molecule has 0 atom stereocenters. The van der Waals surface area contributed by atoms with E-state index in [4.69, 9.17) is 4.52 Å². The molecule has 0 amide bonds. The van der Waals surface area contributed by atoms with Crippen LogP contribution in [0.15, 0.2) is 39.8 Å². The molecule has 0 bridgehead atoms. The van der Waals surface area contributed by atoms with Crippen molar-refractivity contribution in [3.05, 3.63) is 53.2 Å². The maximum atomic E-state index is 12.9. The topological polar surface area (TPSA) is 62.5 Å². The molecule has 1 aromatic heterocycles. The van der Waals surface area contributed by atoms with Crippen LogP contribution in [0.4, 0.5) is 4.39 Å². The second-order valence-electron chi connectivity index (χ2n) is 5.96. The Morgan fingerprint density at radius 3 is 2.50 bits per heavy atom. The van der Waals surface area contributed by atoms with Gasteiger partial charge in [0.15, 0.2) is 11.7 Å². The van der Waals surface area contributed by atoms with E-state index in [9.17, 15) is 4.39 Å². The maximum absolute atomic E-state index is 12.9. The molecule has 0 spiro atoms. The van der Waals surface area contributed by atoms with Gasteiger partial charge in [-0.25, -0.2) is 4.39 Å². The number of aromatic nitrogens is 1. The number of benzene rings is 1. The van der Waals surface area contributed by atoms with Gasteiger partial charge in [-0.1, -0.05) is 31.1 Å². The summed E-state index contributed by atoms with van der Waals surface area (Å²) in [4.78, 5) is 4.20. The van der Waals surface area contributed by atoms with Crippen molar-refractivity contribution in [3.8, 4) is 0 Å². The van der Waals surface area contributed by atoms with Gasteiger partial charge in [0.05, 0.1) is 12.2 Å². The summed E-state index contributed by atoms with van der Waals surface area (Å²) >= 11 is 0. The highest BCUT2D eigenvalue weighted by molar-refractivity contribution is 14.0. The van der Waals surface area contributed by atoms with Crippen molar-refractivity contribution >= 4 is 29.9 Å². The molecule has 2 aromatic rings. The van der Waals surface area contributed by atoms with E-state index in [1.54, 1.807) is 19.2 Å². The van der Waals surface area contributed by atoms with Crippen LogP contribution in [0.3, 0.4) is 0 Å². The minimum absolute atomic E-state index is 0. The monoisotopic (exact) mass is 474 g/mol. The molecule has 2 rings (SSSR count). The molecule has 5 nitrogen and oxygen atoms in total. The lowest BCUT2D eigenvalue weighted by Gasteiger charge is -2.10. The van der Waals surface area contributed by atoms with Gasteiger partial charge in [-0.15, -0.1) is 24.0 Å². The van der Waals surface area contributed by atoms with Gasteiger partial charge < -0.3 is 15.2 Å². The van der Waals surface area contributed by atoms with Gasteiger partial charge in [0, 0.05) is 25.6 Å². The number of halogens is 2. The Morgan fingerprint density at radius 2 is 1.88 bits per heavy atom. The summed E-state index contributed by atoms with van der Waals surface area (Å²) in [6.45, 7) is 5.56. The van der Waals surface area contributed by atoms with Crippen LogP contribution in [0, 0.1) is 5.82 Å². The van der Waals surface area contributed by atoms with Gasteiger partial charge in [-0.2, -0.15) is 0 Å². The standard InChI is InChI=1S/C19H27FN4O.HI/c1-4-15(5-2)18-12-17(25-24-18)13-23-19(21-3)22-11-10-14-6-8-16(20)9-7-14;/h6-9,12,15H,4-5,10-11,13H2,1-3H3,(H2,21,22,23);1H. The molecule has 0 unspecified atom stereocenters. The van der Waals surface area contributed by atoms with E-state index in [2.05, 4.69) is 34.6 Å². The minimum atomic E-state index is -0.214. The molecule has 26 heavy (non-hydrogen) atoms. The minimum Gasteiger partial charge on any atom is -0.359 e. The van der Waals surface area contributed by atoms with Crippen molar-refractivity contribution in [2.24, 2.45) is 4.99 Å². The molecular formula is C19H28FIN4O. The fourth-order valence-electron chi connectivity index (χ4n) is 2.68. The van der Waals surface area contributed by atoms with Crippen LogP contribution in [-0.4, -0.2) is 24.7 Å². The van der Waals surface area contributed by atoms with Gasteiger partial charge in [0.25, 0.3) is 0 Å². The lowest BCUT2D eigenvalue weighted by Crippen LogP contribution is -2.37. The van der Waals surface area contributed by atoms with E-state index >= 15 is 0 Å². The third-order valence-electron chi connectivity index (χ3n) is 4.25. The molecule has 2 N–H and O–H groups in total. The SMILES string of the molecule is CCC(CC)c1cc(CNC(=NC)NCCc2ccc(F)cc2)on1.I. The highest BCUT2D eigenvalue weighted by Gasteiger charge is 2.13. The number of nitrogens with one attached hydrogen (secondary N) is 2. The van der Waals surface area contributed by atoms with Crippen LogP contribution in [0.2, 0.25) is 0 Å². The first-order valence-corrected chi connectivity index (χ1v) is 8.80. The Balaban J connectivity index is 0.00000338. The predicted molar refractivity (Wildman–Crippen MR) is 114 cm³/mol.